The highest BCUT2D eigenvalue weighted by molar-refractivity contribution is 6.10. The fourth-order valence-corrected chi connectivity index (χ4v) is 2.40. The Balaban J connectivity index is 2.13. The minimum absolute atomic E-state index is 0.0507. The number of aromatic nitrogens is 1. The first-order valence-corrected chi connectivity index (χ1v) is 5.36. The molecule has 0 saturated heterocycles. The lowest BCUT2D eigenvalue weighted by molar-refractivity contribution is -0.121. The summed E-state index contributed by atoms with van der Waals surface area (Å²) in [7, 11) is 0. The van der Waals surface area contributed by atoms with Gasteiger partial charge in [-0.15, -0.1) is 0 Å². The molecule has 1 atom stereocenters. The van der Waals surface area contributed by atoms with E-state index in [2.05, 4.69) is 4.98 Å². The van der Waals surface area contributed by atoms with Crippen LogP contribution in [0.2, 0.25) is 0 Å². The monoisotopic (exact) mass is 213 g/mol. The number of rotatable bonds is 1. The lowest BCUT2D eigenvalue weighted by Crippen LogP contribution is -2.02. The molecule has 3 rings (SSSR count). The van der Waals surface area contributed by atoms with Crippen LogP contribution < -0.4 is 0 Å². The van der Waals surface area contributed by atoms with Crippen molar-refractivity contribution in [1.29, 1.82) is 0 Å². The van der Waals surface area contributed by atoms with E-state index < -0.39 is 0 Å². The molecule has 1 N–H and O–H groups in total. The Labute approximate surface area is 92.5 Å². The molecule has 80 valence electrons. The van der Waals surface area contributed by atoms with Gasteiger partial charge in [-0.1, -0.05) is 18.2 Å². The first-order chi connectivity index (χ1) is 7.75. The van der Waals surface area contributed by atoms with Crippen molar-refractivity contribution in [2.75, 3.05) is 0 Å². The van der Waals surface area contributed by atoms with Gasteiger partial charge in [-0.2, -0.15) is 0 Å². The summed E-state index contributed by atoms with van der Waals surface area (Å²) < 4.78 is 0. The van der Waals surface area contributed by atoms with Crippen molar-refractivity contribution in [3.05, 3.63) is 36.0 Å². The molecule has 0 radical (unpaired) electrons. The van der Waals surface area contributed by atoms with Crippen LogP contribution in [0.15, 0.2) is 30.5 Å². The van der Waals surface area contributed by atoms with Gasteiger partial charge in [0.05, 0.1) is 12.3 Å². The third kappa shape index (κ3) is 1.28. The fraction of sp³-hybridized carbons (Fsp3) is 0.231. The van der Waals surface area contributed by atoms with Crippen LogP contribution in [0.1, 0.15) is 24.3 Å². The van der Waals surface area contributed by atoms with E-state index >= 15 is 0 Å². The predicted molar refractivity (Wildman–Crippen MR) is 60.3 cm³/mol. The standard InChI is InChI=1S/C13H11NO2/c15-8-5-10(13(16)6-8)11-7-14-12-4-2-1-3-9(11)12/h1-4,7,10,14H,5-6H2. The number of Topliss-reactive ketones (excluding diaryl/α,β-unsaturated/α-hetero) is 2. The van der Waals surface area contributed by atoms with Crippen molar-refractivity contribution in [3.8, 4) is 0 Å². The zero-order chi connectivity index (χ0) is 11.1. The van der Waals surface area contributed by atoms with Crippen molar-refractivity contribution in [3.63, 3.8) is 0 Å². The van der Waals surface area contributed by atoms with Gasteiger partial charge in [0.1, 0.15) is 11.6 Å². The van der Waals surface area contributed by atoms with Gasteiger partial charge in [0, 0.05) is 23.5 Å². The van der Waals surface area contributed by atoms with E-state index in [0.717, 1.165) is 16.5 Å². The van der Waals surface area contributed by atoms with Gasteiger partial charge < -0.3 is 4.98 Å². The first kappa shape index (κ1) is 9.33. The number of para-hydroxylation sites is 1. The molecule has 1 fully saturated rings. The topological polar surface area (TPSA) is 49.9 Å². The number of H-pyrrole nitrogens is 1. The van der Waals surface area contributed by atoms with Crippen molar-refractivity contribution in [2.24, 2.45) is 0 Å². The zero-order valence-electron chi connectivity index (χ0n) is 8.69. The molecule has 0 amide bonds. The predicted octanol–water partition coefficient (Wildman–Crippen LogP) is 2.18. The summed E-state index contributed by atoms with van der Waals surface area (Å²) in [6.45, 7) is 0. The second-order valence-corrected chi connectivity index (χ2v) is 4.23. The van der Waals surface area contributed by atoms with E-state index in [1.54, 1.807) is 0 Å². The molecule has 1 saturated carbocycles. The van der Waals surface area contributed by atoms with Gasteiger partial charge in [-0.25, -0.2) is 0 Å². The van der Waals surface area contributed by atoms with E-state index in [9.17, 15) is 9.59 Å². The minimum atomic E-state index is -0.233. The average Bonchev–Trinajstić information content (AvgIpc) is 2.81. The Morgan fingerprint density at radius 3 is 2.75 bits per heavy atom. The Morgan fingerprint density at radius 1 is 1.19 bits per heavy atom. The van der Waals surface area contributed by atoms with Crippen LogP contribution in [0.4, 0.5) is 0 Å². The van der Waals surface area contributed by atoms with Crippen LogP contribution >= 0.6 is 0 Å². The van der Waals surface area contributed by atoms with Crippen LogP contribution in [-0.2, 0) is 9.59 Å². The number of ketones is 2. The smallest absolute Gasteiger partial charge is 0.148 e. The molecule has 0 aliphatic heterocycles. The fourth-order valence-electron chi connectivity index (χ4n) is 2.40. The number of hydrogen-bond acceptors (Lipinski definition) is 2. The number of carbonyl (C=O) groups is 2. The maximum Gasteiger partial charge on any atom is 0.148 e. The highest BCUT2D eigenvalue weighted by atomic mass is 16.2. The Bertz CT molecular complexity index is 582. The van der Waals surface area contributed by atoms with Gasteiger partial charge in [-0.05, 0) is 11.6 Å². The quantitative estimate of drug-likeness (QED) is 0.738. The summed E-state index contributed by atoms with van der Waals surface area (Å²) in [5.41, 5.74) is 1.98. The summed E-state index contributed by atoms with van der Waals surface area (Å²) >= 11 is 0. The number of hydrogen-bond donors (Lipinski definition) is 1. The first-order valence-electron chi connectivity index (χ1n) is 5.36. The van der Waals surface area contributed by atoms with E-state index in [-0.39, 0.29) is 23.9 Å². The summed E-state index contributed by atoms with van der Waals surface area (Å²) in [4.78, 5) is 26.1. The van der Waals surface area contributed by atoms with E-state index in [4.69, 9.17) is 0 Å². The van der Waals surface area contributed by atoms with Crippen LogP contribution in [0, 0.1) is 0 Å². The number of benzene rings is 1. The maximum absolute atomic E-state index is 11.7. The summed E-state index contributed by atoms with van der Waals surface area (Å²) in [5.74, 6) is -0.126. The maximum atomic E-state index is 11.7. The molecule has 1 unspecified atom stereocenters. The number of fused-ring (bicyclic) bond motifs is 1. The Kier molecular flexibility index (Phi) is 1.93. The van der Waals surface area contributed by atoms with Crippen molar-refractivity contribution in [2.45, 2.75) is 18.8 Å². The molecule has 16 heavy (non-hydrogen) atoms. The van der Waals surface area contributed by atoms with Gasteiger partial charge in [0.2, 0.25) is 0 Å². The molecule has 1 heterocycles. The summed E-state index contributed by atoms with van der Waals surface area (Å²) in [5, 5.41) is 1.05. The molecule has 3 heteroatoms. The van der Waals surface area contributed by atoms with E-state index in [0.29, 0.717) is 6.42 Å². The normalized spacial score (nSPS) is 20.9. The Hall–Kier alpha value is -1.90. The van der Waals surface area contributed by atoms with Crippen molar-refractivity contribution >= 4 is 22.5 Å². The van der Waals surface area contributed by atoms with Gasteiger partial charge in [0.15, 0.2) is 0 Å². The SMILES string of the molecule is O=C1CC(=O)C(c2c[nH]c3ccccc23)C1. The minimum Gasteiger partial charge on any atom is -0.361 e. The summed E-state index contributed by atoms with van der Waals surface area (Å²) in [6.07, 6.45) is 2.32. The molecular weight excluding hydrogens is 202 g/mol. The molecule has 2 aromatic rings. The second-order valence-electron chi connectivity index (χ2n) is 4.23. The highest BCUT2D eigenvalue weighted by Gasteiger charge is 2.33. The zero-order valence-corrected chi connectivity index (χ0v) is 8.69. The average molecular weight is 213 g/mol. The summed E-state index contributed by atoms with van der Waals surface area (Å²) in [6, 6.07) is 7.85. The van der Waals surface area contributed by atoms with Crippen LogP contribution in [0.25, 0.3) is 10.9 Å². The van der Waals surface area contributed by atoms with E-state index in [1.165, 1.54) is 0 Å². The van der Waals surface area contributed by atoms with Gasteiger partial charge >= 0.3 is 0 Å². The third-order valence-corrected chi connectivity index (χ3v) is 3.19. The third-order valence-electron chi connectivity index (χ3n) is 3.19. The van der Waals surface area contributed by atoms with Crippen LogP contribution in [0.3, 0.4) is 0 Å². The molecule has 0 spiro atoms. The lowest BCUT2D eigenvalue weighted by atomic mass is 9.96. The number of carbonyl (C=O) groups excluding carboxylic acids is 2. The number of aromatic amines is 1. The molecule has 1 aromatic carbocycles. The molecule has 0 bridgehead atoms. The Morgan fingerprint density at radius 2 is 2.00 bits per heavy atom. The molecule has 1 aliphatic carbocycles. The van der Waals surface area contributed by atoms with E-state index in [1.807, 2.05) is 30.5 Å². The van der Waals surface area contributed by atoms with Crippen molar-refractivity contribution in [1.82, 2.24) is 4.98 Å². The van der Waals surface area contributed by atoms with Crippen molar-refractivity contribution < 1.29 is 9.59 Å². The highest BCUT2D eigenvalue weighted by Crippen LogP contribution is 2.33. The second kappa shape index (κ2) is 3.30. The molecule has 1 aromatic heterocycles. The largest absolute Gasteiger partial charge is 0.361 e. The molecular formula is C13H11NO2. The van der Waals surface area contributed by atoms with Gasteiger partial charge in [-0.3, -0.25) is 9.59 Å². The van der Waals surface area contributed by atoms with Crippen LogP contribution in [0.5, 0.6) is 0 Å². The molecule has 1 aliphatic rings. The lowest BCUT2D eigenvalue weighted by Gasteiger charge is -2.04. The molecule has 3 nitrogen and oxygen atoms in total. The number of nitrogens with one attached hydrogen (secondary N) is 1. The van der Waals surface area contributed by atoms with Gasteiger partial charge in [0.25, 0.3) is 0 Å². The van der Waals surface area contributed by atoms with Crippen LogP contribution in [-0.4, -0.2) is 16.6 Å².